The highest BCUT2D eigenvalue weighted by atomic mass is 16.5. The van der Waals surface area contributed by atoms with Gasteiger partial charge in [0.05, 0.1) is 17.9 Å². The van der Waals surface area contributed by atoms with Crippen LogP contribution in [-0.4, -0.2) is 39.5 Å². The number of aryl methyl sites for hydroxylation is 1. The van der Waals surface area contributed by atoms with Crippen LogP contribution in [0, 0.1) is 6.92 Å². The first kappa shape index (κ1) is 11.7. The summed E-state index contributed by atoms with van der Waals surface area (Å²) >= 11 is 0. The molecule has 1 amide bonds. The second-order valence-corrected chi connectivity index (χ2v) is 5.41. The third kappa shape index (κ3) is 1.82. The van der Waals surface area contributed by atoms with Gasteiger partial charge in [-0.05, 0) is 26.7 Å². The molecule has 1 saturated heterocycles. The van der Waals surface area contributed by atoms with Crippen molar-refractivity contribution in [3.05, 3.63) is 17.2 Å². The zero-order chi connectivity index (χ0) is 12.8. The Morgan fingerprint density at radius 3 is 3.11 bits per heavy atom. The van der Waals surface area contributed by atoms with Crippen molar-refractivity contribution in [1.29, 1.82) is 0 Å². The summed E-state index contributed by atoms with van der Waals surface area (Å²) in [6, 6.07) is 0. The number of imidazole rings is 1. The van der Waals surface area contributed by atoms with Gasteiger partial charge in [0.1, 0.15) is 11.4 Å². The lowest BCUT2D eigenvalue weighted by atomic mass is 9.99. The zero-order valence-corrected chi connectivity index (χ0v) is 11.0. The van der Waals surface area contributed by atoms with Gasteiger partial charge < -0.3 is 14.6 Å². The summed E-state index contributed by atoms with van der Waals surface area (Å²) in [5, 5.41) is 0. The predicted octanol–water partition coefficient (Wildman–Crippen LogP) is 1.17. The standard InChI is InChI=1S/C13H19N3O2/c1-9-14-10-4-6-16(8-11(10)15-9)12(17)13(2)5-3-7-18-13/h3-8H2,1-2H3,(H,14,15). The molecule has 5 nitrogen and oxygen atoms in total. The minimum atomic E-state index is -0.605. The van der Waals surface area contributed by atoms with Crippen LogP contribution in [0.1, 0.15) is 37.0 Å². The fourth-order valence-electron chi connectivity index (χ4n) is 2.89. The molecule has 3 heterocycles. The maximum Gasteiger partial charge on any atom is 0.254 e. The van der Waals surface area contributed by atoms with Crippen LogP contribution in [0.15, 0.2) is 0 Å². The zero-order valence-electron chi connectivity index (χ0n) is 11.0. The molecule has 1 atom stereocenters. The molecular weight excluding hydrogens is 230 g/mol. The van der Waals surface area contributed by atoms with E-state index < -0.39 is 5.60 Å². The van der Waals surface area contributed by atoms with Crippen LogP contribution in [0.4, 0.5) is 0 Å². The van der Waals surface area contributed by atoms with Gasteiger partial charge in [0.15, 0.2) is 0 Å². The summed E-state index contributed by atoms with van der Waals surface area (Å²) < 4.78 is 5.63. The maximum absolute atomic E-state index is 12.5. The summed E-state index contributed by atoms with van der Waals surface area (Å²) in [5.74, 6) is 1.05. The summed E-state index contributed by atoms with van der Waals surface area (Å²) in [4.78, 5) is 22.1. The van der Waals surface area contributed by atoms with Gasteiger partial charge in [0, 0.05) is 19.6 Å². The minimum absolute atomic E-state index is 0.123. The Bertz CT molecular complexity index is 475. The van der Waals surface area contributed by atoms with E-state index in [4.69, 9.17) is 4.74 Å². The molecule has 0 radical (unpaired) electrons. The number of hydrogen-bond acceptors (Lipinski definition) is 3. The number of nitrogens with zero attached hydrogens (tertiary/aromatic N) is 2. The lowest BCUT2D eigenvalue weighted by molar-refractivity contribution is -0.152. The van der Waals surface area contributed by atoms with Crippen LogP contribution >= 0.6 is 0 Å². The van der Waals surface area contributed by atoms with Crippen molar-refractivity contribution in [2.24, 2.45) is 0 Å². The van der Waals surface area contributed by atoms with E-state index in [9.17, 15) is 4.79 Å². The quantitative estimate of drug-likeness (QED) is 0.813. The Labute approximate surface area is 107 Å². The number of rotatable bonds is 1. The molecule has 0 spiro atoms. The molecule has 1 aromatic rings. The van der Waals surface area contributed by atoms with E-state index >= 15 is 0 Å². The van der Waals surface area contributed by atoms with E-state index in [2.05, 4.69) is 9.97 Å². The number of ether oxygens (including phenoxy) is 1. The van der Waals surface area contributed by atoms with E-state index in [1.165, 1.54) is 0 Å². The Morgan fingerprint density at radius 2 is 2.39 bits per heavy atom. The number of fused-ring (bicyclic) bond motifs is 1. The number of nitrogens with one attached hydrogen (secondary N) is 1. The Hall–Kier alpha value is -1.36. The van der Waals surface area contributed by atoms with E-state index in [0.717, 1.165) is 43.0 Å². The van der Waals surface area contributed by atoms with Gasteiger partial charge in [-0.2, -0.15) is 0 Å². The van der Waals surface area contributed by atoms with Crippen molar-refractivity contribution in [2.45, 2.75) is 45.3 Å². The van der Waals surface area contributed by atoms with Gasteiger partial charge in [0.2, 0.25) is 0 Å². The normalized spacial score (nSPS) is 27.3. The van der Waals surface area contributed by atoms with Crippen molar-refractivity contribution in [2.75, 3.05) is 13.2 Å². The summed E-state index contributed by atoms with van der Waals surface area (Å²) in [6.07, 6.45) is 2.64. The average molecular weight is 249 g/mol. The van der Waals surface area contributed by atoms with Crippen molar-refractivity contribution in [3.63, 3.8) is 0 Å². The topological polar surface area (TPSA) is 58.2 Å². The van der Waals surface area contributed by atoms with Crippen molar-refractivity contribution < 1.29 is 9.53 Å². The molecule has 1 N–H and O–H groups in total. The first-order chi connectivity index (χ1) is 8.58. The van der Waals surface area contributed by atoms with Crippen molar-refractivity contribution >= 4 is 5.91 Å². The highest BCUT2D eigenvalue weighted by molar-refractivity contribution is 5.85. The van der Waals surface area contributed by atoms with Crippen LogP contribution in [0.3, 0.4) is 0 Å². The summed E-state index contributed by atoms with van der Waals surface area (Å²) in [7, 11) is 0. The highest BCUT2D eigenvalue weighted by Crippen LogP contribution is 2.29. The molecule has 2 aliphatic rings. The molecule has 0 aromatic carbocycles. The molecular formula is C13H19N3O2. The molecule has 5 heteroatoms. The van der Waals surface area contributed by atoms with Gasteiger partial charge in [-0.15, -0.1) is 0 Å². The smallest absolute Gasteiger partial charge is 0.254 e. The predicted molar refractivity (Wildman–Crippen MR) is 66.0 cm³/mol. The van der Waals surface area contributed by atoms with E-state index in [-0.39, 0.29) is 5.91 Å². The maximum atomic E-state index is 12.5. The molecule has 0 bridgehead atoms. The van der Waals surface area contributed by atoms with Gasteiger partial charge in [-0.3, -0.25) is 4.79 Å². The first-order valence-electron chi connectivity index (χ1n) is 6.56. The lowest BCUT2D eigenvalue weighted by Gasteiger charge is -2.33. The van der Waals surface area contributed by atoms with Crippen LogP contribution in [0.5, 0.6) is 0 Å². The van der Waals surface area contributed by atoms with Gasteiger partial charge in [0.25, 0.3) is 5.91 Å². The average Bonchev–Trinajstić information content (AvgIpc) is 2.93. The Kier molecular flexibility index (Phi) is 2.66. The number of aromatic nitrogens is 2. The Morgan fingerprint density at radius 1 is 1.56 bits per heavy atom. The number of aromatic amines is 1. The molecule has 0 saturated carbocycles. The molecule has 3 rings (SSSR count). The summed E-state index contributed by atoms with van der Waals surface area (Å²) in [6.45, 7) is 5.94. The lowest BCUT2D eigenvalue weighted by Crippen LogP contribution is -2.48. The third-order valence-electron chi connectivity index (χ3n) is 3.91. The Balaban J connectivity index is 1.77. The number of carbonyl (C=O) groups is 1. The molecule has 1 unspecified atom stereocenters. The number of H-pyrrole nitrogens is 1. The highest BCUT2D eigenvalue weighted by Gasteiger charge is 2.41. The van der Waals surface area contributed by atoms with Gasteiger partial charge >= 0.3 is 0 Å². The van der Waals surface area contributed by atoms with Crippen LogP contribution < -0.4 is 0 Å². The largest absolute Gasteiger partial charge is 0.365 e. The van der Waals surface area contributed by atoms with Gasteiger partial charge in [-0.1, -0.05) is 0 Å². The number of hydrogen-bond donors (Lipinski definition) is 1. The first-order valence-corrected chi connectivity index (χ1v) is 6.56. The number of amides is 1. The van der Waals surface area contributed by atoms with E-state index in [0.29, 0.717) is 13.2 Å². The molecule has 1 fully saturated rings. The third-order valence-corrected chi connectivity index (χ3v) is 3.91. The molecule has 2 aliphatic heterocycles. The van der Waals surface area contributed by atoms with E-state index in [1.54, 1.807) is 0 Å². The molecule has 0 aliphatic carbocycles. The fraction of sp³-hybridized carbons (Fsp3) is 0.692. The molecule has 98 valence electrons. The molecule has 18 heavy (non-hydrogen) atoms. The molecule has 1 aromatic heterocycles. The van der Waals surface area contributed by atoms with Crippen LogP contribution in [0.2, 0.25) is 0 Å². The van der Waals surface area contributed by atoms with Crippen molar-refractivity contribution in [1.82, 2.24) is 14.9 Å². The summed E-state index contributed by atoms with van der Waals surface area (Å²) in [5.41, 5.74) is 1.58. The fourth-order valence-corrected chi connectivity index (χ4v) is 2.89. The van der Waals surface area contributed by atoms with Crippen LogP contribution in [0.25, 0.3) is 0 Å². The monoisotopic (exact) mass is 249 g/mol. The number of carbonyl (C=O) groups excluding carboxylic acids is 1. The van der Waals surface area contributed by atoms with E-state index in [1.807, 2.05) is 18.7 Å². The second kappa shape index (κ2) is 4.09. The van der Waals surface area contributed by atoms with Gasteiger partial charge in [-0.25, -0.2) is 4.98 Å². The van der Waals surface area contributed by atoms with Crippen LogP contribution in [-0.2, 0) is 22.5 Å². The SMILES string of the molecule is Cc1nc2c([nH]1)CN(C(=O)C1(C)CCCO1)CC2. The minimum Gasteiger partial charge on any atom is -0.365 e. The second-order valence-electron chi connectivity index (χ2n) is 5.41. The van der Waals surface area contributed by atoms with Crippen molar-refractivity contribution in [3.8, 4) is 0 Å².